The molecule has 7 heteroatoms. The van der Waals surface area contributed by atoms with Crippen LogP contribution in [0, 0.1) is 28.1 Å². The lowest BCUT2D eigenvalue weighted by Gasteiger charge is -2.85. The van der Waals surface area contributed by atoms with E-state index in [0.717, 1.165) is 0 Å². The Bertz CT molecular complexity index is 865. The van der Waals surface area contributed by atoms with E-state index in [1.165, 1.54) is 6.92 Å². The molecule has 0 aromatic heterocycles. The van der Waals surface area contributed by atoms with Gasteiger partial charge in [0.25, 0.3) is 0 Å². The van der Waals surface area contributed by atoms with Crippen molar-refractivity contribution in [3.63, 3.8) is 0 Å². The number of hydrogen-bond donors (Lipinski definition) is 3. The third-order valence-electron chi connectivity index (χ3n) is 9.86. The predicted octanol–water partition coefficient (Wildman–Crippen LogP) is 0.741. The SMILES string of the molecule is CC(=O)O[C@H]1C(=O)[C@]2(C)[C@@H](O)C[C@H]3OC[C@H]3C23C(C)[C@]2(O)C[C@H](O)C(C)=C1[C@]32C. The Labute approximate surface area is 170 Å². The molecule has 4 aliphatic carbocycles. The van der Waals surface area contributed by atoms with E-state index in [2.05, 4.69) is 0 Å². The van der Waals surface area contributed by atoms with Crippen LogP contribution in [0.2, 0.25) is 0 Å². The monoisotopic (exact) mass is 406 g/mol. The number of carbonyl (C=O) groups is 2. The van der Waals surface area contributed by atoms with Crippen LogP contribution in [0.25, 0.3) is 0 Å². The Balaban J connectivity index is 1.85. The third kappa shape index (κ3) is 1.64. The number of fused-ring (bicyclic) bond motifs is 1. The van der Waals surface area contributed by atoms with Crippen molar-refractivity contribution in [1.82, 2.24) is 0 Å². The van der Waals surface area contributed by atoms with E-state index in [-0.39, 0.29) is 30.1 Å². The molecular formula is C22H30O7. The molecule has 5 rings (SSSR count). The Morgan fingerprint density at radius 2 is 1.93 bits per heavy atom. The maximum absolute atomic E-state index is 14.0. The molecule has 1 saturated heterocycles. The number of aliphatic hydroxyl groups excluding tert-OH is 2. The summed E-state index contributed by atoms with van der Waals surface area (Å²) >= 11 is 0. The van der Waals surface area contributed by atoms with Crippen LogP contribution < -0.4 is 0 Å². The molecule has 1 aliphatic heterocycles. The van der Waals surface area contributed by atoms with Crippen LogP contribution in [0.3, 0.4) is 0 Å². The number of ketones is 1. The number of carbonyl (C=O) groups excluding carboxylic acids is 2. The molecule has 160 valence electrons. The average molecular weight is 406 g/mol. The predicted molar refractivity (Wildman–Crippen MR) is 100 cm³/mol. The van der Waals surface area contributed by atoms with Gasteiger partial charge in [0.2, 0.25) is 0 Å². The molecule has 2 unspecified atom stereocenters. The highest BCUT2D eigenvalue weighted by atomic mass is 16.5. The molecule has 4 fully saturated rings. The summed E-state index contributed by atoms with van der Waals surface area (Å²) < 4.78 is 11.3. The quantitative estimate of drug-likeness (QED) is 0.435. The minimum atomic E-state index is -1.27. The summed E-state index contributed by atoms with van der Waals surface area (Å²) in [5.74, 6) is -1.26. The van der Waals surface area contributed by atoms with Gasteiger partial charge >= 0.3 is 5.97 Å². The zero-order valence-corrected chi connectivity index (χ0v) is 17.6. The summed E-state index contributed by atoms with van der Waals surface area (Å²) in [6, 6.07) is 0. The van der Waals surface area contributed by atoms with Crippen molar-refractivity contribution < 1.29 is 34.4 Å². The van der Waals surface area contributed by atoms with Crippen LogP contribution in [0.5, 0.6) is 0 Å². The fourth-order valence-corrected chi connectivity index (χ4v) is 8.66. The number of rotatable bonds is 1. The molecule has 7 nitrogen and oxygen atoms in total. The van der Waals surface area contributed by atoms with Gasteiger partial charge in [-0.3, -0.25) is 9.59 Å². The highest BCUT2D eigenvalue weighted by Gasteiger charge is 2.91. The second-order valence-corrected chi connectivity index (χ2v) is 10.2. The third-order valence-corrected chi connectivity index (χ3v) is 9.86. The number of ether oxygens (including phenoxy) is 2. The van der Waals surface area contributed by atoms with Gasteiger partial charge in [-0.25, -0.2) is 0 Å². The number of hydrogen-bond acceptors (Lipinski definition) is 7. The van der Waals surface area contributed by atoms with E-state index in [1.54, 1.807) is 13.8 Å². The van der Waals surface area contributed by atoms with E-state index < -0.39 is 46.1 Å². The molecule has 0 radical (unpaired) electrons. The highest BCUT2D eigenvalue weighted by Crippen LogP contribution is 2.85. The Kier molecular flexibility index (Phi) is 3.60. The van der Waals surface area contributed by atoms with E-state index >= 15 is 0 Å². The summed E-state index contributed by atoms with van der Waals surface area (Å²) in [4.78, 5) is 25.9. The molecule has 5 aliphatic rings. The molecule has 0 bridgehead atoms. The molecule has 1 spiro atoms. The van der Waals surface area contributed by atoms with E-state index in [0.29, 0.717) is 24.2 Å². The summed E-state index contributed by atoms with van der Waals surface area (Å²) in [6.45, 7) is 9.12. The van der Waals surface area contributed by atoms with Crippen molar-refractivity contribution in [1.29, 1.82) is 0 Å². The minimum absolute atomic E-state index is 0.0106. The largest absolute Gasteiger partial charge is 0.450 e. The second-order valence-electron chi connectivity index (χ2n) is 10.2. The van der Waals surface area contributed by atoms with Crippen LogP contribution in [0.1, 0.15) is 47.5 Å². The standard InChI is InChI=1S/C22H30O7/c1-9-13(24)7-21(27)10(2)22-12-8-28-14(12)6-15(25)19(22,4)18(26)17(29-11(3)23)16(9)20(21,22)5/h10,12-15,17,24-25,27H,6-8H2,1-5H3/t10?,12-,13+,14-,15+,17-,19+,20+,21-,22?/m1/s1. The lowest BCUT2D eigenvalue weighted by atomic mass is 9.19. The highest BCUT2D eigenvalue weighted by molar-refractivity contribution is 5.97. The molecule has 3 N–H and O–H groups in total. The van der Waals surface area contributed by atoms with Gasteiger partial charge in [-0.1, -0.05) is 13.8 Å². The summed E-state index contributed by atoms with van der Waals surface area (Å²) in [5.41, 5.74) is -3.00. The smallest absolute Gasteiger partial charge is 0.303 e. The van der Waals surface area contributed by atoms with Gasteiger partial charge in [0, 0.05) is 36.5 Å². The maximum Gasteiger partial charge on any atom is 0.303 e. The first-order chi connectivity index (χ1) is 13.4. The summed E-state index contributed by atoms with van der Waals surface area (Å²) in [6.07, 6.45) is -2.74. The van der Waals surface area contributed by atoms with Crippen LogP contribution in [0.15, 0.2) is 11.1 Å². The molecule has 0 aromatic rings. The van der Waals surface area contributed by atoms with Crippen LogP contribution in [0.4, 0.5) is 0 Å². The van der Waals surface area contributed by atoms with Crippen LogP contribution in [-0.4, -0.2) is 63.7 Å². The molecule has 3 saturated carbocycles. The Hall–Kier alpha value is -1.28. The molecule has 29 heavy (non-hydrogen) atoms. The van der Waals surface area contributed by atoms with Crippen molar-refractivity contribution in [3.8, 4) is 0 Å². The first-order valence-corrected chi connectivity index (χ1v) is 10.5. The van der Waals surface area contributed by atoms with Crippen molar-refractivity contribution in [2.24, 2.45) is 28.1 Å². The lowest BCUT2D eigenvalue weighted by Crippen LogP contribution is -2.92. The normalized spacial score (nSPS) is 57.7. The molecular weight excluding hydrogens is 376 g/mol. The van der Waals surface area contributed by atoms with Crippen molar-refractivity contribution in [2.45, 2.75) is 77.5 Å². The number of aliphatic hydroxyl groups is 3. The van der Waals surface area contributed by atoms with Crippen molar-refractivity contribution in [2.75, 3.05) is 6.61 Å². The van der Waals surface area contributed by atoms with Crippen molar-refractivity contribution >= 4 is 11.8 Å². The Morgan fingerprint density at radius 3 is 2.48 bits per heavy atom. The Morgan fingerprint density at radius 1 is 1.28 bits per heavy atom. The van der Waals surface area contributed by atoms with Gasteiger partial charge in [-0.05, 0) is 30.9 Å². The zero-order chi connectivity index (χ0) is 21.3. The van der Waals surface area contributed by atoms with Gasteiger partial charge in [0.15, 0.2) is 11.9 Å². The summed E-state index contributed by atoms with van der Waals surface area (Å²) in [7, 11) is 0. The van der Waals surface area contributed by atoms with Gasteiger partial charge in [0.05, 0.1) is 35.9 Å². The molecule has 0 aromatic carbocycles. The molecule has 1 heterocycles. The summed E-state index contributed by atoms with van der Waals surface area (Å²) in [5, 5.41) is 33.9. The minimum Gasteiger partial charge on any atom is -0.450 e. The average Bonchev–Trinajstić information content (AvgIpc) is 2.62. The van der Waals surface area contributed by atoms with Gasteiger partial charge < -0.3 is 24.8 Å². The van der Waals surface area contributed by atoms with E-state index in [4.69, 9.17) is 9.47 Å². The van der Waals surface area contributed by atoms with Gasteiger partial charge in [-0.15, -0.1) is 0 Å². The fourth-order valence-electron chi connectivity index (χ4n) is 8.66. The van der Waals surface area contributed by atoms with E-state index in [9.17, 15) is 24.9 Å². The van der Waals surface area contributed by atoms with Crippen LogP contribution in [-0.2, 0) is 19.1 Å². The molecule has 10 atom stereocenters. The first-order valence-electron chi connectivity index (χ1n) is 10.5. The van der Waals surface area contributed by atoms with Gasteiger partial charge in [-0.2, -0.15) is 0 Å². The van der Waals surface area contributed by atoms with Gasteiger partial charge in [0.1, 0.15) is 0 Å². The fraction of sp³-hybridized carbons (Fsp3) is 0.818. The van der Waals surface area contributed by atoms with Crippen molar-refractivity contribution in [3.05, 3.63) is 11.1 Å². The first kappa shape index (κ1) is 19.7. The maximum atomic E-state index is 14.0. The topological polar surface area (TPSA) is 113 Å². The molecule has 0 amide bonds. The number of esters is 1. The zero-order valence-electron chi connectivity index (χ0n) is 17.6. The second kappa shape index (κ2) is 5.31. The van der Waals surface area contributed by atoms with Crippen LogP contribution >= 0.6 is 0 Å². The lowest BCUT2D eigenvalue weighted by molar-refractivity contribution is -0.418. The van der Waals surface area contributed by atoms with E-state index in [1.807, 2.05) is 13.8 Å². The number of Topliss-reactive ketones (excluding diaryl/α,β-unsaturated/α-hetero) is 1.